The van der Waals surface area contributed by atoms with Crippen LogP contribution in [-0.2, 0) is 6.42 Å². The zero-order valence-corrected chi connectivity index (χ0v) is 6.58. The van der Waals surface area contributed by atoms with Crippen LogP contribution >= 0.6 is 0 Å². The van der Waals surface area contributed by atoms with E-state index in [1.807, 2.05) is 12.3 Å². The molecule has 0 radical (unpaired) electrons. The lowest BCUT2D eigenvalue weighted by Gasteiger charge is -2.21. The number of nitrogens with zero attached hydrogens (tertiary/aromatic N) is 1. The average Bonchev–Trinajstić information content (AvgIpc) is 2.04. The minimum absolute atomic E-state index is 0.631. The van der Waals surface area contributed by atoms with Gasteiger partial charge in [0.25, 0.3) is 0 Å². The van der Waals surface area contributed by atoms with Gasteiger partial charge in [-0.05, 0) is 18.4 Å². The van der Waals surface area contributed by atoms with E-state index in [4.69, 9.17) is 4.74 Å². The van der Waals surface area contributed by atoms with Crippen molar-refractivity contribution in [2.45, 2.75) is 13.3 Å². The van der Waals surface area contributed by atoms with Gasteiger partial charge in [-0.2, -0.15) is 0 Å². The molecular weight excluding hydrogens is 138 g/mol. The Morgan fingerprint density at radius 1 is 1.64 bits per heavy atom. The summed E-state index contributed by atoms with van der Waals surface area (Å²) in [6, 6.07) is 1.93. The topological polar surface area (TPSA) is 22.1 Å². The molecule has 0 amide bonds. The largest absolute Gasteiger partial charge is 0.493 e. The zero-order chi connectivity index (χ0) is 7.68. The predicted octanol–water partition coefficient (Wildman–Crippen LogP) is 1.65. The normalized spacial score (nSPS) is 22.1. The lowest BCUT2D eigenvalue weighted by molar-refractivity contribution is 0.233. The van der Waals surface area contributed by atoms with Gasteiger partial charge in [-0.25, -0.2) is 0 Å². The van der Waals surface area contributed by atoms with E-state index in [0.717, 1.165) is 18.8 Å². The minimum Gasteiger partial charge on any atom is -0.493 e. The average molecular weight is 149 g/mol. The predicted molar refractivity (Wildman–Crippen MR) is 42.6 cm³/mol. The summed E-state index contributed by atoms with van der Waals surface area (Å²) in [5.41, 5.74) is 1.24. The summed E-state index contributed by atoms with van der Waals surface area (Å²) in [5, 5.41) is 0. The molecule has 1 aliphatic heterocycles. The van der Waals surface area contributed by atoms with E-state index in [1.54, 1.807) is 6.20 Å². The number of fused-ring (bicyclic) bond motifs is 1. The van der Waals surface area contributed by atoms with Gasteiger partial charge >= 0.3 is 0 Å². The molecule has 2 heteroatoms. The first kappa shape index (κ1) is 6.65. The van der Waals surface area contributed by atoms with E-state index in [0.29, 0.717) is 5.92 Å². The first-order valence-corrected chi connectivity index (χ1v) is 3.92. The van der Waals surface area contributed by atoms with Crippen molar-refractivity contribution >= 4 is 0 Å². The van der Waals surface area contributed by atoms with E-state index in [9.17, 15) is 0 Å². The quantitative estimate of drug-likeness (QED) is 0.559. The van der Waals surface area contributed by atoms with Crippen LogP contribution in [0, 0.1) is 5.92 Å². The third kappa shape index (κ3) is 1.20. The molecule has 11 heavy (non-hydrogen) atoms. The maximum absolute atomic E-state index is 5.50. The lowest BCUT2D eigenvalue weighted by Crippen LogP contribution is -2.17. The van der Waals surface area contributed by atoms with Gasteiger partial charge < -0.3 is 4.74 Å². The summed E-state index contributed by atoms with van der Waals surface area (Å²) in [6.07, 6.45) is 4.77. The van der Waals surface area contributed by atoms with Crippen LogP contribution in [0.15, 0.2) is 18.5 Å². The molecule has 2 heterocycles. The lowest BCUT2D eigenvalue weighted by atomic mass is 10.0. The molecule has 58 valence electrons. The van der Waals surface area contributed by atoms with E-state index in [2.05, 4.69) is 11.9 Å². The van der Waals surface area contributed by atoms with Crippen LogP contribution in [0.5, 0.6) is 5.75 Å². The fourth-order valence-electron chi connectivity index (χ4n) is 1.37. The minimum atomic E-state index is 0.631. The molecular formula is C9H11NO. The Morgan fingerprint density at radius 3 is 3.45 bits per heavy atom. The molecule has 2 rings (SSSR count). The van der Waals surface area contributed by atoms with Crippen molar-refractivity contribution in [3.05, 3.63) is 24.0 Å². The molecule has 0 N–H and O–H groups in total. The Morgan fingerprint density at radius 2 is 2.55 bits per heavy atom. The van der Waals surface area contributed by atoms with Crippen molar-refractivity contribution in [3.63, 3.8) is 0 Å². The van der Waals surface area contributed by atoms with E-state index < -0.39 is 0 Å². The second kappa shape index (κ2) is 2.53. The first-order chi connectivity index (χ1) is 5.36. The van der Waals surface area contributed by atoms with Gasteiger partial charge in [0.15, 0.2) is 0 Å². The highest BCUT2D eigenvalue weighted by molar-refractivity contribution is 5.31. The third-order valence-corrected chi connectivity index (χ3v) is 1.95. The molecule has 1 aromatic rings. The number of ether oxygens (including phenoxy) is 1. The Bertz CT molecular complexity index is 259. The van der Waals surface area contributed by atoms with Crippen molar-refractivity contribution in [3.8, 4) is 5.75 Å². The number of hydrogen-bond donors (Lipinski definition) is 0. The number of rotatable bonds is 0. The molecule has 1 aromatic heterocycles. The van der Waals surface area contributed by atoms with E-state index in [-0.39, 0.29) is 0 Å². The van der Waals surface area contributed by atoms with Crippen LogP contribution in [0.1, 0.15) is 12.5 Å². The van der Waals surface area contributed by atoms with Crippen LogP contribution < -0.4 is 4.74 Å². The SMILES string of the molecule is CC1COc2ccncc2C1. The van der Waals surface area contributed by atoms with Crippen LogP contribution in [0.25, 0.3) is 0 Å². The fourth-order valence-corrected chi connectivity index (χ4v) is 1.37. The van der Waals surface area contributed by atoms with Gasteiger partial charge in [-0.15, -0.1) is 0 Å². The van der Waals surface area contributed by atoms with Gasteiger partial charge in [-0.3, -0.25) is 4.98 Å². The highest BCUT2D eigenvalue weighted by atomic mass is 16.5. The number of aromatic nitrogens is 1. The first-order valence-electron chi connectivity index (χ1n) is 3.92. The molecule has 0 spiro atoms. The van der Waals surface area contributed by atoms with Gasteiger partial charge in [0.1, 0.15) is 5.75 Å². The van der Waals surface area contributed by atoms with Crippen molar-refractivity contribution in [1.82, 2.24) is 4.98 Å². The Labute approximate surface area is 66.2 Å². The van der Waals surface area contributed by atoms with Gasteiger partial charge in [0, 0.05) is 18.0 Å². The summed E-state index contributed by atoms with van der Waals surface area (Å²) in [4.78, 5) is 4.05. The maximum Gasteiger partial charge on any atom is 0.125 e. The maximum atomic E-state index is 5.50. The second-order valence-electron chi connectivity index (χ2n) is 3.10. The summed E-state index contributed by atoms with van der Waals surface area (Å²) in [5.74, 6) is 1.64. The molecule has 0 fully saturated rings. The monoisotopic (exact) mass is 149 g/mol. The van der Waals surface area contributed by atoms with Crippen molar-refractivity contribution in [2.24, 2.45) is 5.92 Å². The van der Waals surface area contributed by atoms with Crippen molar-refractivity contribution < 1.29 is 4.74 Å². The number of hydrogen-bond acceptors (Lipinski definition) is 2. The van der Waals surface area contributed by atoms with Crippen LogP contribution in [-0.4, -0.2) is 11.6 Å². The molecule has 1 unspecified atom stereocenters. The zero-order valence-electron chi connectivity index (χ0n) is 6.58. The summed E-state index contributed by atoms with van der Waals surface area (Å²) >= 11 is 0. The van der Waals surface area contributed by atoms with Crippen LogP contribution in [0.4, 0.5) is 0 Å². The number of pyridine rings is 1. The molecule has 2 nitrogen and oxygen atoms in total. The van der Waals surface area contributed by atoms with Crippen molar-refractivity contribution in [2.75, 3.05) is 6.61 Å². The summed E-state index contributed by atoms with van der Waals surface area (Å²) < 4.78 is 5.50. The molecule has 1 aliphatic rings. The van der Waals surface area contributed by atoms with Gasteiger partial charge in [0.2, 0.25) is 0 Å². The van der Waals surface area contributed by atoms with Crippen LogP contribution in [0.3, 0.4) is 0 Å². The second-order valence-corrected chi connectivity index (χ2v) is 3.10. The van der Waals surface area contributed by atoms with Gasteiger partial charge in [-0.1, -0.05) is 6.92 Å². The highest BCUT2D eigenvalue weighted by Crippen LogP contribution is 2.25. The van der Waals surface area contributed by atoms with E-state index >= 15 is 0 Å². The van der Waals surface area contributed by atoms with Crippen LogP contribution in [0.2, 0.25) is 0 Å². The summed E-state index contributed by atoms with van der Waals surface area (Å²) in [6.45, 7) is 3.03. The molecule has 0 bridgehead atoms. The Balaban J connectivity index is 2.34. The molecule has 1 atom stereocenters. The third-order valence-electron chi connectivity index (χ3n) is 1.95. The summed E-state index contributed by atoms with van der Waals surface area (Å²) in [7, 11) is 0. The fraction of sp³-hybridized carbons (Fsp3) is 0.444. The Kier molecular flexibility index (Phi) is 1.53. The van der Waals surface area contributed by atoms with E-state index in [1.165, 1.54) is 5.56 Å². The smallest absolute Gasteiger partial charge is 0.125 e. The standard InChI is InChI=1S/C9H11NO/c1-7-4-8-5-10-3-2-9(8)11-6-7/h2-3,5,7H,4,6H2,1H3. The highest BCUT2D eigenvalue weighted by Gasteiger charge is 2.14. The van der Waals surface area contributed by atoms with Crippen molar-refractivity contribution in [1.29, 1.82) is 0 Å². The van der Waals surface area contributed by atoms with Gasteiger partial charge in [0.05, 0.1) is 6.61 Å². The molecule has 0 aromatic carbocycles. The molecule has 0 aliphatic carbocycles. The Hall–Kier alpha value is -1.05. The molecule has 0 saturated carbocycles. The molecule has 0 saturated heterocycles.